The molecule has 0 fully saturated rings. The third-order valence-corrected chi connectivity index (χ3v) is 5.74. The molecule has 8 heteroatoms. The number of rotatable bonds is 5. The summed E-state index contributed by atoms with van der Waals surface area (Å²) in [5.41, 5.74) is 3.93. The van der Waals surface area contributed by atoms with E-state index in [1.54, 1.807) is 28.9 Å². The highest BCUT2D eigenvalue weighted by atomic mass is 35.5. The molecule has 0 aliphatic rings. The van der Waals surface area contributed by atoms with Gasteiger partial charge in [-0.25, -0.2) is 9.36 Å². The number of nitrogens with zero attached hydrogens (tertiary/aromatic N) is 4. The monoisotopic (exact) mass is 449 g/mol. The second-order valence-corrected chi connectivity index (χ2v) is 8.25. The molecule has 0 spiro atoms. The van der Waals surface area contributed by atoms with Gasteiger partial charge in [-0.1, -0.05) is 42.3 Å². The van der Waals surface area contributed by atoms with Gasteiger partial charge in [-0.05, 0) is 57.5 Å². The van der Waals surface area contributed by atoms with Gasteiger partial charge >= 0.3 is 0 Å². The van der Waals surface area contributed by atoms with Crippen LogP contribution in [0.5, 0.6) is 0 Å². The molecule has 0 bridgehead atoms. The van der Waals surface area contributed by atoms with E-state index in [0.29, 0.717) is 33.7 Å². The summed E-state index contributed by atoms with van der Waals surface area (Å²) in [6.45, 7) is 7.60. The van der Waals surface area contributed by atoms with Crippen LogP contribution in [0.25, 0.3) is 16.6 Å². The van der Waals surface area contributed by atoms with Crippen molar-refractivity contribution in [2.75, 3.05) is 5.32 Å². The number of benzene rings is 2. The van der Waals surface area contributed by atoms with Gasteiger partial charge in [0.25, 0.3) is 5.56 Å². The second kappa shape index (κ2) is 8.59. The zero-order valence-electron chi connectivity index (χ0n) is 18.4. The van der Waals surface area contributed by atoms with E-state index < -0.39 is 11.6 Å². The molecule has 4 rings (SSSR count). The fourth-order valence-electron chi connectivity index (χ4n) is 3.86. The van der Waals surface area contributed by atoms with Crippen molar-refractivity contribution in [3.8, 4) is 5.69 Å². The molecule has 0 unspecified atom stereocenters. The smallest absolute Gasteiger partial charge is 0.295 e. The summed E-state index contributed by atoms with van der Waals surface area (Å²) in [7, 11) is 0. The summed E-state index contributed by atoms with van der Waals surface area (Å²) in [5.74, 6) is -0.335. The molecule has 1 atom stereocenters. The van der Waals surface area contributed by atoms with Crippen LogP contribution in [-0.2, 0) is 4.79 Å². The highest BCUT2D eigenvalue weighted by Crippen LogP contribution is 2.23. The van der Waals surface area contributed by atoms with Crippen molar-refractivity contribution in [1.82, 2.24) is 19.6 Å². The maximum absolute atomic E-state index is 13.4. The van der Waals surface area contributed by atoms with Crippen molar-refractivity contribution < 1.29 is 4.79 Å². The number of nitrogens with one attached hydrogen (secondary N) is 1. The first-order chi connectivity index (χ1) is 15.3. The van der Waals surface area contributed by atoms with Gasteiger partial charge in [-0.3, -0.25) is 9.59 Å². The van der Waals surface area contributed by atoms with Crippen LogP contribution in [0, 0.1) is 20.8 Å². The maximum Gasteiger partial charge on any atom is 0.295 e. The van der Waals surface area contributed by atoms with Crippen LogP contribution in [0.3, 0.4) is 0 Å². The van der Waals surface area contributed by atoms with E-state index in [-0.39, 0.29) is 5.91 Å². The van der Waals surface area contributed by atoms with Crippen molar-refractivity contribution in [3.05, 3.63) is 80.9 Å². The molecule has 32 heavy (non-hydrogen) atoms. The molecule has 0 saturated heterocycles. The fourth-order valence-corrected chi connectivity index (χ4v) is 4.05. The lowest BCUT2D eigenvalue weighted by atomic mass is 10.1. The summed E-state index contributed by atoms with van der Waals surface area (Å²) < 4.78 is 2.99. The lowest BCUT2D eigenvalue weighted by Gasteiger charge is -2.17. The number of aryl methyl sites for hydroxylation is 3. The molecule has 0 aliphatic heterocycles. The average molecular weight is 450 g/mol. The number of anilines is 1. The first-order valence-corrected chi connectivity index (χ1v) is 10.8. The predicted octanol–water partition coefficient (Wildman–Crippen LogP) is 4.75. The Kier molecular flexibility index (Phi) is 5.84. The first kappa shape index (κ1) is 21.8. The molecule has 2 heterocycles. The number of hydrogen-bond acceptors (Lipinski definition) is 4. The van der Waals surface area contributed by atoms with Crippen LogP contribution in [-0.4, -0.2) is 25.5 Å². The van der Waals surface area contributed by atoms with Gasteiger partial charge in [-0.2, -0.15) is 10.2 Å². The Morgan fingerprint density at radius 3 is 2.47 bits per heavy atom. The number of halogens is 1. The van der Waals surface area contributed by atoms with Crippen molar-refractivity contribution in [3.63, 3.8) is 0 Å². The Hall–Kier alpha value is -3.45. The largest absolute Gasteiger partial charge is 0.324 e. The highest BCUT2D eigenvalue weighted by Gasteiger charge is 2.25. The van der Waals surface area contributed by atoms with Crippen LogP contribution in [0.2, 0.25) is 5.02 Å². The van der Waals surface area contributed by atoms with Gasteiger partial charge in [-0.15, -0.1) is 0 Å². The van der Waals surface area contributed by atoms with Crippen LogP contribution in [0.15, 0.2) is 53.3 Å². The van der Waals surface area contributed by atoms with Crippen molar-refractivity contribution >= 4 is 34.1 Å². The molecule has 2 aromatic heterocycles. The summed E-state index contributed by atoms with van der Waals surface area (Å²) in [4.78, 5) is 26.4. The van der Waals surface area contributed by atoms with Gasteiger partial charge in [0.1, 0.15) is 6.04 Å². The van der Waals surface area contributed by atoms with Crippen LogP contribution < -0.4 is 10.9 Å². The highest BCUT2D eigenvalue weighted by molar-refractivity contribution is 6.30. The summed E-state index contributed by atoms with van der Waals surface area (Å²) in [5, 5.41) is 13.1. The van der Waals surface area contributed by atoms with Crippen molar-refractivity contribution in [2.45, 2.75) is 40.2 Å². The average Bonchev–Trinajstić information content (AvgIpc) is 3.11. The number of fused-ring (bicyclic) bond motifs is 1. The van der Waals surface area contributed by atoms with Crippen LogP contribution in [0.4, 0.5) is 5.69 Å². The molecule has 1 N–H and O–H groups in total. The minimum Gasteiger partial charge on any atom is -0.324 e. The predicted molar refractivity (Wildman–Crippen MR) is 127 cm³/mol. The minimum absolute atomic E-state index is 0.296. The molecule has 4 aromatic rings. The molecule has 2 aromatic carbocycles. The summed E-state index contributed by atoms with van der Waals surface area (Å²) >= 11 is 6.02. The first-order valence-electron chi connectivity index (χ1n) is 10.4. The van der Waals surface area contributed by atoms with E-state index in [4.69, 9.17) is 11.6 Å². The zero-order valence-corrected chi connectivity index (χ0v) is 19.1. The van der Waals surface area contributed by atoms with Crippen LogP contribution in [0.1, 0.15) is 36.3 Å². The van der Waals surface area contributed by atoms with Gasteiger partial charge < -0.3 is 5.32 Å². The van der Waals surface area contributed by atoms with E-state index in [2.05, 4.69) is 15.5 Å². The molecule has 0 radical (unpaired) electrons. The fraction of sp³-hybridized carbons (Fsp3) is 0.250. The maximum atomic E-state index is 13.4. The zero-order chi connectivity index (χ0) is 23.0. The lowest BCUT2D eigenvalue weighted by molar-refractivity contribution is -0.119. The molecular weight excluding hydrogens is 426 g/mol. The topological polar surface area (TPSA) is 81.8 Å². The normalized spacial score (nSPS) is 12.2. The summed E-state index contributed by atoms with van der Waals surface area (Å²) in [6.07, 6.45) is 0.391. The number of carbonyl (C=O) groups is 1. The Labute approximate surface area is 190 Å². The van der Waals surface area contributed by atoms with Crippen molar-refractivity contribution in [1.29, 1.82) is 0 Å². The van der Waals surface area contributed by atoms with E-state index in [1.807, 2.05) is 52.0 Å². The standard InChI is InChI=1S/C24H24ClN5O2/c1-5-20(23(31)26-18-8-6-7-17(25)13-18)30-24(32)22-21(15(3)27-30)16(4)29(28-22)19-11-9-14(2)10-12-19/h6-13,20H,5H2,1-4H3,(H,26,31)/t20-/m0/s1. The summed E-state index contributed by atoms with van der Waals surface area (Å²) in [6, 6.07) is 14.0. The Balaban J connectivity index is 1.78. The van der Waals surface area contributed by atoms with Gasteiger partial charge in [0, 0.05) is 10.7 Å². The molecular formula is C24H24ClN5O2. The van der Waals surface area contributed by atoms with E-state index in [1.165, 1.54) is 4.68 Å². The number of carbonyl (C=O) groups excluding carboxylic acids is 1. The minimum atomic E-state index is -0.783. The third-order valence-electron chi connectivity index (χ3n) is 5.50. The number of aromatic nitrogens is 4. The molecule has 1 amide bonds. The number of hydrogen-bond donors (Lipinski definition) is 1. The molecule has 0 aliphatic carbocycles. The van der Waals surface area contributed by atoms with E-state index in [0.717, 1.165) is 16.9 Å². The van der Waals surface area contributed by atoms with E-state index in [9.17, 15) is 9.59 Å². The quantitative estimate of drug-likeness (QED) is 0.476. The Bertz CT molecular complexity index is 1370. The Morgan fingerprint density at radius 1 is 1.09 bits per heavy atom. The van der Waals surface area contributed by atoms with Crippen molar-refractivity contribution in [2.24, 2.45) is 0 Å². The van der Waals surface area contributed by atoms with Crippen LogP contribution >= 0.6 is 11.6 Å². The van der Waals surface area contributed by atoms with Gasteiger partial charge in [0.2, 0.25) is 5.91 Å². The van der Waals surface area contributed by atoms with Gasteiger partial charge in [0.05, 0.1) is 22.5 Å². The van der Waals surface area contributed by atoms with E-state index >= 15 is 0 Å². The second-order valence-electron chi connectivity index (χ2n) is 7.82. The molecule has 164 valence electrons. The SMILES string of the molecule is CC[C@@H](C(=O)Nc1cccc(Cl)c1)n1nc(C)c2c(C)n(-c3ccc(C)cc3)nc2c1=O. The van der Waals surface area contributed by atoms with Gasteiger partial charge in [0.15, 0.2) is 5.52 Å². The molecule has 0 saturated carbocycles. The third kappa shape index (κ3) is 3.91. The molecule has 7 nitrogen and oxygen atoms in total. The number of amides is 1. The lowest BCUT2D eigenvalue weighted by Crippen LogP contribution is -2.35. The Morgan fingerprint density at radius 2 is 1.81 bits per heavy atom.